The van der Waals surface area contributed by atoms with Gasteiger partial charge in [0.25, 0.3) is 0 Å². The topological polar surface area (TPSA) is 49.8 Å². The fourth-order valence-electron chi connectivity index (χ4n) is 1.58. The number of carbonyl (C=O) groups is 1. The van der Waals surface area contributed by atoms with Crippen LogP contribution in [0.3, 0.4) is 0 Å². The zero-order chi connectivity index (χ0) is 13.3. The van der Waals surface area contributed by atoms with Crippen LogP contribution >= 0.6 is 0 Å². The number of hydrogen-bond acceptors (Lipinski definition) is 3. The van der Waals surface area contributed by atoms with Crippen molar-refractivity contribution in [2.24, 2.45) is 0 Å². The van der Waals surface area contributed by atoms with Crippen molar-refractivity contribution >= 4 is 6.09 Å². The molecule has 0 radical (unpaired) electrons. The van der Waals surface area contributed by atoms with Crippen molar-refractivity contribution in [3.8, 4) is 0 Å². The quantitative estimate of drug-likeness (QED) is 0.825. The van der Waals surface area contributed by atoms with E-state index in [1.807, 2.05) is 27.7 Å². The molecule has 1 aliphatic carbocycles. The lowest BCUT2D eigenvalue weighted by molar-refractivity contribution is 0.0210. The van der Waals surface area contributed by atoms with Crippen molar-refractivity contribution in [1.82, 2.24) is 4.90 Å². The first-order valence-electron chi connectivity index (χ1n) is 6.31. The molecule has 1 N–H and O–H groups in total. The van der Waals surface area contributed by atoms with Crippen LogP contribution in [0.4, 0.5) is 4.79 Å². The summed E-state index contributed by atoms with van der Waals surface area (Å²) in [5.41, 5.74) is -0.900. The first-order chi connectivity index (χ1) is 7.63. The first-order valence-corrected chi connectivity index (χ1v) is 6.31. The normalized spacial score (nSPS) is 19.6. The zero-order valence-corrected chi connectivity index (χ0v) is 11.6. The Bertz CT molecular complexity index is 279. The van der Waals surface area contributed by atoms with Crippen molar-refractivity contribution in [3.05, 3.63) is 0 Å². The van der Waals surface area contributed by atoms with Crippen LogP contribution in [-0.4, -0.2) is 40.4 Å². The van der Waals surface area contributed by atoms with Crippen LogP contribution in [0.25, 0.3) is 0 Å². The van der Waals surface area contributed by atoms with Gasteiger partial charge in [-0.25, -0.2) is 4.79 Å². The van der Waals surface area contributed by atoms with E-state index in [4.69, 9.17) is 4.74 Å². The summed E-state index contributed by atoms with van der Waals surface area (Å²) in [5, 5.41) is 9.75. The molecule has 100 valence electrons. The van der Waals surface area contributed by atoms with Crippen LogP contribution in [0.2, 0.25) is 0 Å². The number of carbonyl (C=O) groups excluding carboxylic acids is 1. The molecule has 0 spiro atoms. The van der Waals surface area contributed by atoms with Gasteiger partial charge in [0.2, 0.25) is 0 Å². The van der Waals surface area contributed by atoms with E-state index in [0.29, 0.717) is 0 Å². The summed E-state index contributed by atoms with van der Waals surface area (Å²) in [6.07, 6.45) is 3.08. The summed E-state index contributed by atoms with van der Waals surface area (Å²) in [5.74, 6) is 0. The third-order valence-corrected chi connectivity index (χ3v) is 3.20. The number of hydrogen-bond donors (Lipinski definition) is 1. The number of aliphatic hydroxyl groups is 1. The van der Waals surface area contributed by atoms with Crippen molar-refractivity contribution < 1.29 is 14.6 Å². The van der Waals surface area contributed by atoms with Gasteiger partial charge < -0.3 is 14.7 Å². The Morgan fingerprint density at radius 1 is 1.47 bits per heavy atom. The van der Waals surface area contributed by atoms with Gasteiger partial charge >= 0.3 is 6.09 Å². The largest absolute Gasteiger partial charge is 0.444 e. The second-order valence-electron chi connectivity index (χ2n) is 6.20. The average molecular weight is 243 g/mol. The maximum Gasteiger partial charge on any atom is 0.410 e. The summed E-state index contributed by atoms with van der Waals surface area (Å²) in [6.45, 7) is 7.55. The van der Waals surface area contributed by atoms with Gasteiger partial charge in [0.1, 0.15) is 5.60 Å². The standard InChI is InChI=1S/C13H25NO3/c1-10(6-7-13(16)8-9-13)14(5)11(15)17-12(2,3)4/h10,16H,6-9H2,1-5H3. The average Bonchev–Trinajstić information content (AvgIpc) is 2.90. The van der Waals surface area contributed by atoms with Gasteiger partial charge in [-0.15, -0.1) is 0 Å². The third kappa shape index (κ3) is 4.94. The highest BCUT2D eigenvalue weighted by atomic mass is 16.6. The Hall–Kier alpha value is -0.770. The molecule has 1 aliphatic rings. The summed E-state index contributed by atoms with van der Waals surface area (Å²) in [4.78, 5) is 13.4. The molecule has 4 nitrogen and oxygen atoms in total. The van der Waals surface area contributed by atoms with Gasteiger partial charge in [0.15, 0.2) is 0 Å². The fourth-order valence-corrected chi connectivity index (χ4v) is 1.58. The van der Waals surface area contributed by atoms with Gasteiger partial charge in [-0.1, -0.05) is 0 Å². The van der Waals surface area contributed by atoms with Crippen LogP contribution < -0.4 is 0 Å². The van der Waals surface area contributed by atoms with Crippen LogP contribution in [0, 0.1) is 0 Å². The van der Waals surface area contributed by atoms with E-state index in [1.165, 1.54) is 0 Å². The monoisotopic (exact) mass is 243 g/mol. The van der Waals surface area contributed by atoms with Gasteiger partial charge in [0, 0.05) is 13.1 Å². The van der Waals surface area contributed by atoms with E-state index in [9.17, 15) is 9.90 Å². The van der Waals surface area contributed by atoms with E-state index >= 15 is 0 Å². The van der Waals surface area contributed by atoms with E-state index < -0.39 is 11.2 Å². The molecule has 0 heterocycles. The molecule has 1 fully saturated rings. The number of rotatable bonds is 4. The molecule has 0 bridgehead atoms. The van der Waals surface area contributed by atoms with Crippen LogP contribution in [-0.2, 0) is 4.74 Å². The van der Waals surface area contributed by atoms with E-state index in [-0.39, 0.29) is 12.1 Å². The summed E-state index contributed by atoms with van der Waals surface area (Å²) >= 11 is 0. The first kappa shape index (κ1) is 14.3. The molecule has 0 aromatic rings. The van der Waals surface area contributed by atoms with E-state index in [1.54, 1.807) is 11.9 Å². The van der Waals surface area contributed by atoms with Gasteiger partial charge in [-0.05, 0) is 53.4 Å². The number of ether oxygens (including phenoxy) is 1. The van der Waals surface area contributed by atoms with Gasteiger partial charge in [-0.3, -0.25) is 0 Å². The highest BCUT2D eigenvalue weighted by Crippen LogP contribution is 2.39. The maximum absolute atomic E-state index is 11.8. The summed E-state index contributed by atoms with van der Waals surface area (Å²) in [6, 6.07) is 0.0921. The summed E-state index contributed by atoms with van der Waals surface area (Å²) in [7, 11) is 1.75. The van der Waals surface area contributed by atoms with Crippen LogP contribution in [0.5, 0.6) is 0 Å². The SMILES string of the molecule is CC(CCC1(O)CC1)N(C)C(=O)OC(C)(C)C. The summed E-state index contributed by atoms with van der Waals surface area (Å²) < 4.78 is 5.29. The maximum atomic E-state index is 11.8. The minimum absolute atomic E-state index is 0.0921. The molecule has 1 atom stereocenters. The molecule has 4 heteroatoms. The third-order valence-electron chi connectivity index (χ3n) is 3.20. The van der Waals surface area contributed by atoms with Crippen molar-refractivity contribution in [2.75, 3.05) is 7.05 Å². The second-order valence-corrected chi connectivity index (χ2v) is 6.20. The van der Waals surface area contributed by atoms with Crippen molar-refractivity contribution in [2.45, 2.75) is 70.6 Å². The lowest BCUT2D eigenvalue weighted by Crippen LogP contribution is -2.39. The second kappa shape index (κ2) is 4.84. The zero-order valence-electron chi connectivity index (χ0n) is 11.6. The van der Waals surface area contributed by atoms with Gasteiger partial charge in [-0.2, -0.15) is 0 Å². The Kier molecular flexibility index (Phi) is 4.07. The van der Waals surface area contributed by atoms with E-state index in [0.717, 1.165) is 25.7 Å². The number of amides is 1. The Morgan fingerprint density at radius 3 is 2.41 bits per heavy atom. The fraction of sp³-hybridized carbons (Fsp3) is 0.923. The minimum atomic E-state index is -0.459. The molecule has 1 unspecified atom stereocenters. The molecular formula is C13H25NO3. The molecule has 17 heavy (non-hydrogen) atoms. The molecule has 0 aromatic heterocycles. The minimum Gasteiger partial charge on any atom is -0.444 e. The van der Waals surface area contributed by atoms with Crippen LogP contribution in [0.15, 0.2) is 0 Å². The predicted molar refractivity (Wildman–Crippen MR) is 66.9 cm³/mol. The van der Waals surface area contributed by atoms with E-state index in [2.05, 4.69) is 0 Å². The lowest BCUT2D eigenvalue weighted by Gasteiger charge is -2.29. The van der Waals surface area contributed by atoms with Crippen molar-refractivity contribution in [3.63, 3.8) is 0 Å². The molecule has 0 saturated heterocycles. The molecule has 0 aromatic carbocycles. The Morgan fingerprint density at radius 2 is 2.00 bits per heavy atom. The van der Waals surface area contributed by atoms with Crippen molar-refractivity contribution in [1.29, 1.82) is 0 Å². The lowest BCUT2D eigenvalue weighted by atomic mass is 10.1. The van der Waals surface area contributed by atoms with Crippen LogP contribution in [0.1, 0.15) is 53.4 Å². The molecule has 0 aliphatic heterocycles. The molecular weight excluding hydrogens is 218 g/mol. The Labute approximate surface area is 104 Å². The smallest absolute Gasteiger partial charge is 0.410 e. The van der Waals surface area contributed by atoms with Gasteiger partial charge in [0.05, 0.1) is 5.60 Å². The predicted octanol–water partition coefficient (Wildman–Crippen LogP) is 2.55. The molecule has 1 saturated carbocycles. The number of nitrogens with zero attached hydrogens (tertiary/aromatic N) is 1. The molecule has 1 rings (SSSR count). The Balaban J connectivity index is 2.34. The highest BCUT2D eigenvalue weighted by molar-refractivity contribution is 5.68. The highest BCUT2D eigenvalue weighted by Gasteiger charge is 2.40. The molecule has 1 amide bonds.